The molecule has 4 aromatic rings. The number of benzene rings is 3. The molecule has 2 heterocycles. The summed E-state index contributed by atoms with van der Waals surface area (Å²) in [7, 11) is 0. The maximum atomic E-state index is 12.9. The fourth-order valence-electron chi connectivity index (χ4n) is 4.55. The Morgan fingerprint density at radius 3 is 2.46 bits per heavy atom. The Balaban J connectivity index is 1.16. The number of piperazine rings is 1. The Hall–Kier alpha value is -3.90. The number of nitrogens with zero attached hydrogens (tertiary/aromatic N) is 4. The Morgan fingerprint density at radius 1 is 0.857 bits per heavy atom. The van der Waals surface area contributed by atoms with Gasteiger partial charge in [0, 0.05) is 68.6 Å². The van der Waals surface area contributed by atoms with Gasteiger partial charge in [0.15, 0.2) is 0 Å². The predicted octanol–water partition coefficient (Wildman–Crippen LogP) is 4.55. The summed E-state index contributed by atoms with van der Waals surface area (Å²) in [5, 5.41) is 3.08. The van der Waals surface area contributed by atoms with Crippen molar-refractivity contribution < 1.29 is 4.79 Å². The summed E-state index contributed by atoms with van der Waals surface area (Å²) < 4.78 is 1.99. The van der Waals surface area contributed by atoms with Crippen molar-refractivity contribution >= 4 is 17.3 Å². The number of imidazole rings is 1. The molecule has 1 fully saturated rings. The van der Waals surface area contributed by atoms with Crippen molar-refractivity contribution in [3.05, 3.63) is 114 Å². The van der Waals surface area contributed by atoms with Gasteiger partial charge < -0.3 is 14.8 Å². The summed E-state index contributed by atoms with van der Waals surface area (Å²) in [6.07, 6.45) is 6.54. The minimum atomic E-state index is -0.0969. The van der Waals surface area contributed by atoms with Gasteiger partial charge in [0.05, 0.1) is 6.33 Å². The molecule has 3 aromatic carbocycles. The van der Waals surface area contributed by atoms with Gasteiger partial charge in [-0.25, -0.2) is 4.98 Å². The molecule has 0 saturated carbocycles. The zero-order valence-electron chi connectivity index (χ0n) is 19.9. The highest BCUT2D eigenvalue weighted by Crippen LogP contribution is 2.22. The fraction of sp³-hybridized carbons (Fsp3) is 0.241. The standard InChI is InChI=1S/C29H31N5O/c35-29(26-9-4-8-25(20-26)22-33-15-13-30-23-33)31-27-10-5-11-28(21-27)34-18-16-32(17-19-34)14-12-24-6-2-1-3-7-24/h1-11,13,15,20-21,23H,12,14,16-19,22H2,(H,31,35). The van der Waals surface area contributed by atoms with Crippen LogP contribution in [0.5, 0.6) is 0 Å². The lowest BCUT2D eigenvalue weighted by Crippen LogP contribution is -2.47. The lowest BCUT2D eigenvalue weighted by molar-refractivity contribution is 0.102. The molecule has 5 rings (SSSR count). The lowest BCUT2D eigenvalue weighted by atomic mass is 10.1. The Bertz CT molecular complexity index is 1230. The number of hydrogen-bond donors (Lipinski definition) is 1. The maximum absolute atomic E-state index is 12.9. The number of aromatic nitrogens is 2. The third-order valence-electron chi connectivity index (χ3n) is 6.51. The van der Waals surface area contributed by atoms with Crippen LogP contribution in [-0.4, -0.2) is 53.1 Å². The van der Waals surface area contributed by atoms with Crippen molar-refractivity contribution in [3.63, 3.8) is 0 Å². The smallest absolute Gasteiger partial charge is 0.255 e. The van der Waals surface area contributed by atoms with Crippen LogP contribution < -0.4 is 10.2 Å². The van der Waals surface area contributed by atoms with Gasteiger partial charge in [-0.05, 0) is 47.9 Å². The van der Waals surface area contributed by atoms with E-state index in [2.05, 4.69) is 62.6 Å². The van der Waals surface area contributed by atoms with Crippen LogP contribution in [-0.2, 0) is 13.0 Å². The van der Waals surface area contributed by atoms with Gasteiger partial charge in [-0.15, -0.1) is 0 Å². The van der Waals surface area contributed by atoms with E-state index in [1.807, 2.05) is 47.2 Å². The molecule has 35 heavy (non-hydrogen) atoms. The summed E-state index contributed by atoms with van der Waals surface area (Å²) in [5.41, 5.74) is 5.08. The topological polar surface area (TPSA) is 53.4 Å². The van der Waals surface area contributed by atoms with E-state index < -0.39 is 0 Å². The van der Waals surface area contributed by atoms with Crippen LogP contribution in [0.2, 0.25) is 0 Å². The number of hydrogen-bond acceptors (Lipinski definition) is 4. The van der Waals surface area contributed by atoms with Gasteiger partial charge in [-0.2, -0.15) is 0 Å². The average Bonchev–Trinajstić information content (AvgIpc) is 3.42. The van der Waals surface area contributed by atoms with E-state index in [1.165, 1.54) is 5.56 Å². The summed E-state index contributed by atoms with van der Waals surface area (Å²) in [6.45, 7) is 5.85. The molecular weight excluding hydrogens is 434 g/mol. The summed E-state index contributed by atoms with van der Waals surface area (Å²) in [4.78, 5) is 22.0. The van der Waals surface area contributed by atoms with Crippen LogP contribution in [0.15, 0.2) is 97.6 Å². The predicted molar refractivity (Wildman–Crippen MR) is 141 cm³/mol. The monoisotopic (exact) mass is 465 g/mol. The maximum Gasteiger partial charge on any atom is 0.255 e. The Morgan fingerprint density at radius 2 is 1.66 bits per heavy atom. The number of amides is 1. The molecule has 0 bridgehead atoms. The SMILES string of the molecule is O=C(Nc1cccc(N2CCN(CCc3ccccc3)CC2)c1)c1cccc(Cn2ccnc2)c1. The van der Waals surface area contributed by atoms with Crippen LogP contribution in [0.4, 0.5) is 11.4 Å². The normalized spacial score (nSPS) is 14.1. The first-order valence-corrected chi connectivity index (χ1v) is 12.2. The zero-order valence-corrected chi connectivity index (χ0v) is 19.9. The molecule has 1 aliphatic rings. The minimum Gasteiger partial charge on any atom is -0.369 e. The molecule has 1 amide bonds. The van der Waals surface area contributed by atoms with E-state index in [4.69, 9.17) is 0 Å². The van der Waals surface area contributed by atoms with Gasteiger partial charge in [-0.3, -0.25) is 9.69 Å². The zero-order chi connectivity index (χ0) is 23.9. The van der Waals surface area contributed by atoms with Crippen molar-refractivity contribution in [2.24, 2.45) is 0 Å². The second-order valence-corrected chi connectivity index (χ2v) is 9.00. The van der Waals surface area contributed by atoms with Gasteiger partial charge in [0.25, 0.3) is 5.91 Å². The average molecular weight is 466 g/mol. The molecule has 178 valence electrons. The number of rotatable bonds is 8. The van der Waals surface area contributed by atoms with Crippen molar-refractivity contribution in [2.75, 3.05) is 42.9 Å². The van der Waals surface area contributed by atoms with E-state index in [-0.39, 0.29) is 5.91 Å². The Kier molecular flexibility index (Phi) is 7.20. The van der Waals surface area contributed by atoms with Gasteiger partial charge in [0.1, 0.15) is 0 Å². The highest BCUT2D eigenvalue weighted by molar-refractivity contribution is 6.04. The van der Waals surface area contributed by atoms with Crippen molar-refractivity contribution in [2.45, 2.75) is 13.0 Å². The summed E-state index contributed by atoms with van der Waals surface area (Å²) in [5.74, 6) is -0.0969. The minimum absolute atomic E-state index is 0.0969. The molecule has 1 aromatic heterocycles. The van der Waals surface area contributed by atoms with E-state index in [0.717, 1.165) is 56.1 Å². The third kappa shape index (κ3) is 6.16. The summed E-state index contributed by atoms with van der Waals surface area (Å²) >= 11 is 0. The quantitative estimate of drug-likeness (QED) is 0.415. The first-order valence-electron chi connectivity index (χ1n) is 12.2. The molecule has 1 aliphatic heterocycles. The largest absolute Gasteiger partial charge is 0.369 e. The fourth-order valence-corrected chi connectivity index (χ4v) is 4.55. The molecule has 1 N–H and O–H groups in total. The summed E-state index contributed by atoms with van der Waals surface area (Å²) in [6, 6.07) is 26.6. The highest BCUT2D eigenvalue weighted by Gasteiger charge is 2.17. The van der Waals surface area contributed by atoms with Crippen molar-refractivity contribution in [1.82, 2.24) is 14.5 Å². The number of carbonyl (C=O) groups excluding carboxylic acids is 1. The number of nitrogens with one attached hydrogen (secondary N) is 1. The third-order valence-corrected chi connectivity index (χ3v) is 6.51. The van der Waals surface area contributed by atoms with E-state index in [9.17, 15) is 4.79 Å². The molecule has 0 unspecified atom stereocenters. The molecule has 0 aliphatic carbocycles. The van der Waals surface area contributed by atoms with E-state index in [0.29, 0.717) is 12.1 Å². The van der Waals surface area contributed by atoms with Crippen molar-refractivity contribution in [1.29, 1.82) is 0 Å². The van der Waals surface area contributed by atoms with Crippen LogP contribution in [0.3, 0.4) is 0 Å². The number of anilines is 2. The molecule has 6 heteroatoms. The molecule has 0 atom stereocenters. The first-order chi connectivity index (χ1) is 17.2. The van der Waals surface area contributed by atoms with Gasteiger partial charge >= 0.3 is 0 Å². The highest BCUT2D eigenvalue weighted by atomic mass is 16.1. The van der Waals surface area contributed by atoms with E-state index in [1.54, 1.807) is 12.5 Å². The second kappa shape index (κ2) is 11.0. The second-order valence-electron chi connectivity index (χ2n) is 9.00. The van der Waals surface area contributed by atoms with Gasteiger partial charge in [-0.1, -0.05) is 48.5 Å². The van der Waals surface area contributed by atoms with Gasteiger partial charge in [0.2, 0.25) is 0 Å². The molecule has 6 nitrogen and oxygen atoms in total. The van der Waals surface area contributed by atoms with Crippen LogP contribution in [0.1, 0.15) is 21.5 Å². The van der Waals surface area contributed by atoms with E-state index >= 15 is 0 Å². The molecular formula is C29H31N5O. The molecule has 0 spiro atoms. The van der Waals surface area contributed by atoms with Crippen LogP contribution in [0.25, 0.3) is 0 Å². The lowest BCUT2D eigenvalue weighted by Gasteiger charge is -2.36. The van der Waals surface area contributed by atoms with Crippen LogP contribution in [0, 0.1) is 0 Å². The molecule has 0 radical (unpaired) electrons. The molecule has 1 saturated heterocycles. The van der Waals surface area contributed by atoms with Crippen LogP contribution >= 0.6 is 0 Å². The number of carbonyl (C=O) groups is 1. The van der Waals surface area contributed by atoms with Crippen molar-refractivity contribution in [3.8, 4) is 0 Å². The first kappa shape index (κ1) is 22.9. The Labute approximate surface area is 206 Å².